The van der Waals surface area contributed by atoms with Crippen molar-refractivity contribution >= 4 is 5.91 Å². The number of ether oxygens (including phenoxy) is 1. The lowest BCUT2D eigenvalue weighted by atomic mass is 9.90. The first kappa shape index (κ1) is 16.2. The lowest BCUT2D eigenvalue weighted by Crippen LogP contribution is -2.30. The van der Waals surface area contributed by atoms with Gasteiger partial charge in [-0.25, -0.2) is 0 Å². The van der Waals surface area contributed by atoms with E-state index >= 15 is 0 Å². The van der Waals surface area contributed by atoms with Crippen LogP contribution in [-0.2, 0) is 12.8 Å². The molecule has 0 spiro atoms. The van der Waals surface area contributed by atoms with Crippen LogP contribution in [0.25, 0.3) is 0 Å². The van der Waals surface area contributed by atoms with Gasteiger partial charge in [0.1, 0.15) is 5.75 Å². The molecule has 0 bridgehead atoms. The van der Waals surface area contributed by atoms with E-state index in [-0.39, 0.29) is 11.9 Å². The molecular weight excluding hydrogens is 310 g/mol. The van der Waals surface area contributed by atoms with Crippen LogP contribution in [0, 0.1) is 0 Å². The molecule has 1 amide bonds. The van der Waals surface area contributed by atoms with Gasteiger partial charge in [0, 0.05) is 12.1 Å². The number of hydrogen-bond acceptors (Lipinski definition) is 2. The number of nitrogens with zero attached hydrogens (tertiary/aromatic N) is 1. The van der Waals surface area contributed by atoms with Crippen LogP contribution in [0.15, 0.2) is 42.5 Å². The molecule has 1 saturated heterocycles. The van der Waals surface area contributed by atoms with Crippen molar-refractivity contribution in [3.8, 4) is 5.75 Å². The second-order valence-electron chi connectivity index (χ2n) is 7.12. The minimum Gasteiger partial charge on any atom is -0.497 e. The van der Waals surface area contributed by atoms with Crippen LogP contribution < -0.4 is 4.74 Å². The number of methoxy groups -OCH3 is 1. The minimum atomic E-state index is 0.173. The number of rotatable bonds is 3. The molecule has 1 atom stereocenters. The van der Waals surface area contributed by atoms with Gasteiger partial charge < -0.3 is 9.64 Å². The zero-order valence-corrected chi connectivity index (χ0v) is 14.8. The second-order valence-corrected chi connectivity index (χ2v) is 7.12. The maximum absolute atomic E-state index is 13.1. The van der Waals surface area contributed by atoms with Crippen LogP contribution in [0.1, 0.15) is 58.8 Å². The van der Waals surface area contributed by atoms with E-state index in [2.05, 4.69) is 24.3 Å². The number of hydrogen-bond donors (Lipinski definition) is 0. The smallest absolute Gasteiger partial charge is 0.254 e. The zero-order valence-electron chi connectivity index (χ0n) is 14.8. The van der Waals surface area contributed by atoms with Crippen molar-refractivity contribution in [3.63, 3.8) is 0 Å². The lowest BCUT2D eigenvalue weighted by Gasteiger charge is -2.26. The number of amides is 1. The molecule has 25 heavy (non-hydrogen) atoms. The van der Waals surface area contributed by atoms with Crippen molar-refractivity contribution in [1.29, 1.82) is 0 Å². The first-order valence-electron chi connectivity index (χ1n) is 9.33. The van der Waals surface area contributed by atoms with E-state index < -0.39 is 0 Å². The molecule has 0 radical (unpaired) electrons. The third-order valence-corrected chi connectivity index (χ3v) is 5.61. The van der Waals surface area contributed by atoms with Crippen LogP contribution in [0.3, 0.4) is 0 Å². The fourth-order valence-corrected chi connectivity index (χ4v) is 4.21. The Morgan fingerprint density at radius 3 is 2.52 bits per heavy atom. The summed E-state index contributed by atoms with van der Waals surface area (Å²) >= 11 is 0. The average Bonchev–Trinajstić information content (AvgIpc) is 3.17. The summed E-state index contributed by atoms with van der Waals surface area (Å²) in [6.45, 7) is 0.840. The molecular formula is C22H25NO2. The largest absolute Gasteiger partial charge is 0.497 e. The average molecular weight is 335 g/mol. The molecule has 2 aromatic rings. The van der Waals surface area contributed by atoms with Crippen LogP contribution in [-0.4, -0.2) is 24.5 Å². The maximum Gasteiger partial charge on any atom is 0.254 e. The summed E-state index contributed by atoms with van der Waals surface area (Å²) in [5.41, 5.74) is 4.85. The Morgan fingerprint density at radius 1 is 1.00 bits per heavy atom. The predicted molar refractivity (Wildman–Crippen MR) is 99.1 cm³/mol. The fraction of sp³-hybridized carbons (Fsp3) is 0.409. The van der Waals surface area contributed by atoms with Gasteiger partial charge in [0.2, 0.25) is 0 Å². The third kappa shape index (κ3) is 3.15. The number of carbonyl (C=O) groups is 1. The maximum atomic E-state index is 13.1. The van der Waals surface area contributed by atoms with Crippen molar-refractivity contribution in [2.75, 3.05) is 13.7 Å². The van der Waals surface area contributed by atoms with Gasteiger partial charge in [-0.2, -0.15) is 0 Å². The summed E-state index contributed by atoms with van der Waals surface area (Å²) in [5.74, 6) is 1.03. The van der Waals surface area contributed by atoms with E-state index in [1.165, 1.54) is 29.5 Å². The van der Waals surface area contributed by atoms with Gasteiger partial charge in [0.15, 0.2) is 0 Å². The van der Waals surface area contributed by atoms with E-state index in [9.17, 15) is 4.79 Å². The summed E-state index contributed by atoms with van der Waals surface area (Å²) < 4.78 is 5.25. The van der Waals surface area contributed by atoms with Gasteiger partial charge in [-0.1, -0.05) is 18.2 Å². The van der Waals surface area contributed by atoms with Crippen LogP contribution >= 0.6 is 0 Å². The van der Waals surface area contributed by atoms with E-state index in [0.29, 0.717) is 0 Å². The normalized spacial score (nSPS) is 19.6. The Balaban J connectivity index is 1.58. The Morgan fingerprint density at radius 2 is 1.76 bits per heavy atom. The number of carbonyl (C=O) groups excluding carboxylic acids is 1. The van der Waals surface area contributed by atoms with Crippen molar-refractivity contribution < 1.29 is 9.53 Å². The number of likely N-dealkylation sites (tertiary alicyclic amines) is 1. The highest BCUT2D eigenvalue weighted by molar-refractivity contribution is 5.95. The van der Waals surface area contributed by atoms with Gasteiger partial charge in [0.25, 0.3) is 5.91 Å². The first-order valence-corrected chi connectivity index (χ1v) is 9.33. The monoisotopic (exact) mass is 335 g/mol. The molecule has 130 valence electrons. The van der Waals surface area contributed by atoms with Gasteiger partial charge in [-0.05, 0) is 79.5 Å². The molecule has 2 aromatic carbocycles. The lowest BCUT2D eigenvalue weighted by molar-refractivity contribution is 0.0735. The highest BCUT2D eigenvalue weighted by Gasteiger charge is 2.30. The molecule has 3 heteroatoms. The van der Waals surface area contributed by atoms with Crippen molar-refractivity contribution in [2.45, 2.75) is 44.6 Å². The van der Waals surface area contributed by atoms with Crippen molar-refractivity contribution in [1.82, 2.24) is 4.90 Å². The number of benzene rings is 2. The molecule has 0 saturated carbocycles. The van der Waals surface area contributed by atoms with Crippen LogP contribution in [0.2, 0.25) is 0 Å². The molecule has 4 rings (SSSR count). The third-order valence-electron chi connectivity index (χ3n) is 5.61. The summed E-state index contributed by atoms with van der Waals surface area (Å²) in [4.78, 5) is 15.2. The molecule has 0 N–H and O–H groups in total. The molecule has 1 aliphatic carbocycles. The summed E-state index contributed by atoms with van der Waals surface area (Å²) in [6, 6.07) is 14.6. The second kappa shape index (κ2) is 6.91. The Hall–Kier alpha value is -2.29. The summed E-state index contributed by atoms with van der Waals surface area (Å²) in [6.07, 6.45) is 6.87. The van der Waals surface area contributed by atoms with E-state index in [1.807, 2.05) is 23.1 Å². The summed E-state index contributed by atoms with van der Waals surface area (Å²) in [5, 5.41) is 0. The minimum absolute atomic E-state index is 0.173. The van der Waals surface area contributed by atoms with Crippen molar-refractivity contribution in [2.24, 2.45) is 0 Å². The summed E-state index contributed by atoms with van der Waals surface area (Å²) in [7, 11) is 1.68. The van der Waals surface area contributed by atoms with Crippen LogP contribution in [0.4, 0.5) is 0 Å². The molecule has 2 aliphatic rings. The SMILES string of the molecule is COc1ccc([C@H]2CCCN2C(=O)c2ccc3c(c2)CCCC3)cc1. The molecule has 3 nitrogen and oxygen atoms in total. The van der Waals surface area contributed by atoms with E-state index in [0.717, 1.165) is 43.5 Å². The Labute approximate surface area is 149 Å². The first-order chi connectivity index (χ1) is 12.3. The highest BCUT2D eigenvalue weighted by atomic mass is 16.5. The van der Waals surface area contributed by atoms with Gasteiger partial charge >= 0.3 is 0 Å². The van der Waals surface area contributed by atoms with Crippen LogP contribution in [0.5, 0.6) is 5.75 Å². The van der Waals surface area contributed by atoms with Gasteiger partial charge in [-0.3, -0.25) is 4.79 Å². The standard InChI is InChI=1S/C22H25NO2/c1-25-20-12-10-17(11-13-20)21-7-4-14-23(21)22(24)19-9-8-16-5-2-3-6-18(16)15-19/h8-13,15,21H,2-7,14H2,1H3/t21-/m1/s1. The number of aryl methyl sites for hydroxylation is 2. The molecule has 0 unspecified atom stereocenters. The topological polar surface area (TPSA) is 29.5 Å². The Kier molecular flexibility index (Phi) is 4.48. The van der Waals surface area contributed by atoms with Crippen molar-refractivity contribution in [3.05, 3.63) is 64.7 Å². The van der Waals surface area contributed by atoms with E-state index in [1.54, 1.807) is 7.11 Å². The Bertz CT molecular complexity index is 766. The predicted octanol–water partition coefficient (Wildman–Crippen LogP) is 4.55. The zero-order chi connectivity index (χ0) is 17.2. The number of fused-ring (bicyclic) bond motifs is 1. The molecule has 1 aliphatic heterocycles. The highest BCUT2D eigenvalue weighted by Crippen LogP contribution is 2.34. The van der Waals surface area contributed by atoms with Gasteiger partial charge in [0.05, 0.1) is 13.2 Å². The molecule has 1 heterocycles. The van der Waals surface area contributed by atoms with E-state index in [4.69, 9.17) is 4.74 Å². The molecule has 1 fully saturated rings. The van der Waals surface area contributed by atoms with Gasteiger partial charge in [-0.15, -0.1) is 0 Å². The molecule has 0 aromatic heterocycles. The quantitative estimate of drug-likeness (QED) is 0.823. The fourth-order valence-electron chi connectivity index (χ4n) is 4.21.